The molecule has 3 aromatic heterocycles. The number of nitrogen functional groups attached to an aromatic ring is 1. The number of anilines is 2. The third-order valence-corrected chi connectivity index (χ3v) is 5.35. The number of rotatable bonds is 5. The number of nitrogens with zero attached hydrogens (tertiary/aromatic N) is 4. The Balaban J connectivity index is 1.46. The first kappa shape index (κ1) is 17.6. The molecule has 1 aliphatic heterocycles. The van der Waals surface area contributed by atoms with E-state index in [9.17, 15) is 0 Å². The first-order valence-corrected chi connectivity index (χ1v) is 9.89. The van der Waals surface area contributed by atoms with Crippen LogP contribution in [0.4, 0.5) is 11.6 Å². The number of hydrogen-bond donors (Lipinski definition) is 3. The van der Waals surface area contributed by atoms with E-state index in [1.54, 1.807) is 12.4 Å². The molecule has 29 heavy (non-hydrogen) atoms. The lowest BCUT2D eigenvalue weighted by Gasteiger charge is -2.08. The molecule has 1 saturated heterocycles. The Kier molecular flexibility index (Phi) is 4.57. The van der Waals surface area contributed by atoms with Crippen molar-refractivity contribution in [3.05, 3.63) is 72.4 Å². The van der Waals surface area contributed by atoms with Gasteiger partial charge in [0.25, 0.3) is 0 Å². The van der Waals surface area contributed by atoms with Crippen LogP contribution in [0.5, 0.6) is 0 Å². The summed E-state index contributed by atoms with van der Waals surface area (Å²) in [6.07, 6.45) is 7.71. The van der Waals surface area contributed by atoms with Crippen molar-refractivity contribution in [2.75, 3.05) is 17.6 Å². The van der Waals surface area contributed by atoms with Crippen LogP contribution in [0.1, 0.15) is 30.3 Å². The lowest BCUT2D eigenvalue weighted by molar-refractivity contribution is 0.603. The molecule has 146 valence electrons. The number of fused-ring (bicyclic) bond motifs is 1. The molecule has 4 aromatic rings. The summed E-state index contributed by atoms with van der Waals surface area (Å²) in [6, 6.07) is 14.5. The van der Waals surface area contributed by atoms with Gasteiger partial charge in [-0.05, 0) is 37.1 Å². The van der Waals surface area contributed by atoms with Crippen molar-refractivity contribution in [1.82, 2.24) is 24.7 Å². The topological polar surface area (TPSA) is 93.2 Å². The molecule has 0 bridgehead atoms. The Morgan fingerprint density at radius 2 is 2.00 bits per heavy atom. The van der Waals surface area contributed by atoms with Gasteiger partial charge in [-0.15, -0.1) is 0 Å². The molecule has 0 aliphatic carbocycles. The SMILES string of the molecule is Nc1nccn2c([C@@H]3CCCN3)nc(-c3ccc(CNc4ccccn4)cc3)c12. The maximum atomic E-state index is 6.24. The molecule has 1 aliphatic rings. The Hall–Kier alpha value is -3.45. The highest BCUT2D eigenvalue weighted by Crippen LogP contribution is 2.32. The monoisotopic (exact) mass is 385 g/mol. The van der Waals surface area contributed by atoms with Gasteiger partial charge >= 0.3 is 0 Å². The Morgan fingerprint density at radius 1 is 1.10 bits per heavy atom. The fraction of sp³-hybridized carbons (Fsp3) is 0.227. The highest BCUT2D eigenvalue weighted by atomic mass is 15.1. The molecule has 1 aromatic carbocycles. The number of nitrogens with two attached hydrogens (primary N) is 1. The van der Waals surface area contributed by atoms with Gasteiger partial charge in [-0.1, -0.05) is 30.3 Å². The predicted molar refractivity (Wildman–Crippen MR) is 114 cm³/mol. The molecule has 0 radical (unpaired) electrons. The van der Waals surface area contributed by atoms with E-state index >= 15 is 0 Å². The van der Waals surface area contributed by atoms with Crippen LogP contribution in [0.2, 0.25) is 0 Å². The lowest BCUT2D eigenvalue weighted by atomic mass is 10.1. The van der Waals surface area contributed by atoms with Crippen molar-refractivity contribution < 1.29 is 0 Å². The quantitative estimate of drug-likeness (QED) is 0.487. The van der Waals surface area contributed by atoms with Crippen molar-refractivity contribution in [2.45, 2.75) is 25.4 Å². The zero-order valence-corrected chi connectivity index (χ0v) is 16.0. The van der Waals surface area contributed by atoms with Gasteiger partial charge < -0.3 is 16.4 Å². The Morgan fingerprint density at radius 3 is 2.76 bits per heavy atom. The van der Waals surface area contributed by atoms with Gasteiger partial charge in [0.15, 0.2) is 0 Å². The molecule has 0 unspecified atom stereocenters. The van der Waals surface area contributed by atoms with E-state index in [1.807, 2.05) is 24.4 Å². The second-order valence-electron chi connectivity index (χ2n) is 7.26. The summed E-state index contributed by atoms with van der Waals surface area (Å²) in [5.74, 6) is 2.37. The molecule has 5 rings (SSSR count). The van der Waals surface area contributed by atoms with Crippen LogP contribution in [-0.4, -0.2) is 25.9 Å². The summed E-state index contributed by atoms with van der Waals surface area (Å²) < 4.78 is 2.08. The van der Waals surface area contributed by atoms with Gasteiger partial charge in [0.2, 0.25) is 0 Å². The number of imidazole rings is 1. The fourth-order valence-corrected chi connectivity index (χ4v) is 3.88. The highest BCUT2D eigenvalue weighted by molar-refractivity contribution is 5.85. The van der Waals surface area contributed by atoms with Crippen molar-refractivity contribution >= 4 is 17.2 Å². The van der Waals surface area contributed by atoms with Gasteiger partial charge in [0, 0.05) is 30.7 Å². The fourth-order valence-electron chi connectivity index (χ4n) is 3.88. The van der Waals surface area contributed by atoms with Crippen LogP contribution in [0.3, 0.4) is 0 Å². The van der Waals surface area contributed by atoms with Crippen molar-refractivity contribution in [3.8, 4) is 11.3 Å². The van der Waals surface area contributed by atoms with E-state index in [0.29, 0.717) is 12.4 Å². The molecule has 4 heterocycles. The first-order chi connectivity index (χ1) is 14.3. The maximum absolute atomic E-state index is 6.24. The number of benzene rings is 1. The van der Waals surface area contributed by atoms with Gasteiger partial charge in [0.05, 0.1) is 6.04 Å². The van der Waals surface area contributed by atoms with Gasteiger partial charge in [-0.2, -0.15) is 0 Å². The van der Waals surface area contributed by atoms with E-state index in [2.05, 4.69) is 49.3 Å². The average Bonchev–Trinajstić information content (AvgIpc) is 3.42. The largest absolute Gasteiger partial charge is 0.382 e. The van der Waals surface area contributed by atoms with Crippen LogP contribution in [0, 0.1) is 0 Å². The normalized spacial score (nSPS) is 16.3. The average molecular weight is 385 g/mol. The van der Waals surface area contributed by atoms with Crippen LogP contribution < -0.4 is 16.4 Å². The van der Waals surface area contributed by atoms with E-state index in [1.165, 1.54) is 5.56 Å². The van der Waals surface area contributed by atoms with Gasteiger partial charge in [0.1, 0.15) is 28.7 Å². The van der Waals surface area contributed by atoms with Gasteiger partial charge in [-0.3, -0.25) is 4.40 Å². The summed E-state index contributed by atoms with van der Waals surface area (Å²) in [7, 11) is 0. The first-order valence-electron chi connectivity index (χ1n) is 9.89. The molecular weight excluding hydrogens is 362 g/mol. The lowest BCUT2D eigenvalue weighted by Crippen LogP contribution is -2.15. The second kappa shape index (κ2) is 7.52. The van der Waals surface area contributed by atoms with Crippen LogP contribution in [0.25, 0.3) is 16.8 Å². The minimum absolute atomic E-state index is 0.250. The smallest absolute Gasteiger partial charge is 0.150 e. The summed E-state index contributed by atoms with van der Waals surface area (Å²) in [5, 5.41) is 6.86. The zero-order chi connectivity index (χ0) is 19.6. The van der Waals surface area contributed by atoms with E-state index in [-0.39, 0.29) is 6.04 Å². The number of pyridine rings is 1. The molecular formula is C22H23N7. The predicted octanol–water partition coefficient (Wildman–Crippen LogP) is 3.41. The molecule has 1 fully saturated rings. The maximum Gasteiger partial charge on any atom is 0.150 e. The number of nitrogens with one attached hydrogen (secondary N) is 2. The minimum atomic E-state index is 0.250. The summed E-state index contributed by atoms with van der Waals surface area (Å²) >= 11 is 0. The molecule has 1 atom stereocenters. The van der Waals surface area contributed by atoms with Crippen LogP contribution in [-0.2, 0) is 6.54 Å². The second-order valence-corrected chi connectivity index (χ2v) is 7.26. The third kappa shape index (κ3) is 3.40. The third-order valence-electron chi connectivity index (χ3n) is 5.35. The molecule has 7 heteroatoms. The summed E-state index contributed by atoms with van der Waals surface area (Å²) in [4.78, 5) is 13.6. The zero-order valence-electron chi connectivity index (χ0n) is 16.0. The van der Waals surface area contributed by atoms with Gasteiger partial charge in [-0.25, -0.2) is 15.0 Å². The number of aromatic nitrogens is 4. The van der Waals surface area contributed by atoms with E-state index in [4.69, 9.17) is 10.7 Å². The van der Waals surface area contributed by atoms with Crippen molar-refractivity contribution in [2.24, 2.45) is 0 Å². The molecule has 0 amide bonds. The van der Waals surface area contributed by atoms with Crippen LogP contribution >= 0.6 is 0 Å². The number of hydrogen-bond acceptors (Lipinski definition) is 6. The summed E-state index contributed by atoms with van der Waals surface area (Å²) in [6.45, 7) is 1.73. The van der Waals surface area contributed by atoms with Crippen molar-refractivity contribution in [1.29, 1.82) is 0 Å². The Labute approximate surface area is 169 Å². The standard InChI is InChI=1S/C22H23N7/c23-21-20-19(28-22(17-4-3-11-24-17)29(20)13-12-26-21)16-8-6-15(7-9-16)14-27-18-5-1-2-10-25-18/h1-2,5-10,12-13,17,24H,3-4,11,14H2,(H2,23,26)(H,25,27)/t17-/m0/s1. The van der Waals surface area contributed by atoms with E-state index < -0.39 is 0 Å². The minimum Gasteiger partial charge on any atom is -0.382 e. The molecule has 7 nitrogen and oxygen atoms in total. The van der Waals surface area contributed by atoms with E-state index in [0.717, 1.165) is 47.8 Å². The summed E-state index contributed by atoms with van der Waals surface area (Å²) in [5.41, 5.74) is 10.2. The molecule has 4 N–H and O–H groups in total. The Bertz CT molecular complexity index is 1110. The highest BCUT2D eigenvalue weighted by Gasteiger charge is 2.24. The molecule has 0 saturated carbocycles. The van der Waals surface area contributed by atoms with Crippen LogP contribution in [0.15, 0.2) is 61.1 Å². The molecule has 0 spiro atoms. The van der Waals surface area contributed by atoms with Crippen molar-refractivity contribution in [3.63, 3.8) is 0 Å².